The number of hydrogen-bond donors (Lipinski definition) is 1. The molecule has 1 aromatic carbocycles. The molecule has 1 N–H and O–H groups in total. The van der Waals surface area contributed by atoms with Gasteiger partial charge >= 0.3 is 0 Å². The fourth-order valence-electron chi connectivity index (χ4n) is 3.42. The Hall–Kier alpha value is -2.89. The summed E-state index contributed by atoms with van der Waals surface area (Å²) in [5.41, 5.74) is 4.90. The molecule has 0 aliphatic carbocycles. The number of nitrogens with one attached hydrogen (secondary N) is 1. The number of halogens is 1. The molecule has 5 nitrogen and oxygen atoms in total. The Bertz CT molecular complexity index is 963. The lowest BCUT2D eigenvalue weighted by molar-refractivity contribution is -0.120. The maximum Gasteiger partial charge on any atom is 0.219 e. The zero-order valence-electron chi connectivity index (χ0n) is 14.6. The fraction of sp³-hybridized carbons (Fsp3) is 0.300. The van der Waals surface area contributed by atoms with Crippen molar-refractivity contribution >= 4 is 11.4 Å². The van der Waals surface area contributed by atoms with Crippen molar-refractivity contribution < 1.29 is 13.9 Å². The molecule has 0 fully saturated rings. The number of fused-ring (bicyclic) bond motifs is 3. The molecule has 2 aromatic heterocycles. The number of hydrogen-bond acceptors (Lipinski definition) is 3. The zero-order valence-corrected chi connectivity index (χ0v) is 14.6. The molecule has 0 bridgehead atoms. The van der Waals surface area contributed by atoms with Gasteiger partial charge in [-0.05, 0) is 36.8 Å². The summed E-state index contributed by atoms with van der Waals surface area (Å²) in [6.45, 7) is 3.03. The van der Waals surface area contributed by atoms with E-state index in [0.717, 1.165) is 40.1 Å². The molecule has 3 aromatic rings. The van der Waals surface area contributed by atoms with Crippen molar-refractivity contribution in [2.75, 3.05) is 13.2 Å². The number of benzene rings is 1. The highest BCUT2D eigenvalue weighted by molar-refractivity contribution is 5.78. The number of pyridine rings is 1. The monoisotopic (exact) mass is 353 g/mol. The van der Waals surface area contributed by atoms with E-state index in [1.54, 1.807) is 12.1 Å². The molecule has 6 heteroatoms. The van der Waals surface area contributed by atoms with E-state index < -0.39 is 0 Å². The third-order valence-corrected chi connectivity index (χ3v) is 4.70. The van der Waals surface area contributed by atoms with Gasteiger partial charge in [-0.1, -0.05) is 6.92 Å². The maximum absolute atomic E-state index is 13.3. The molecule has 0 unspecified atom stereocenters. The smallest absolute Gasteiger partial charge is 0.219 e. The summed E-state index contributed by atoms with van der Waals surface area (Å²) < 4.78 is 20.9. The van der Waals surface area contributed by atoms with Crippen LogP contribution < -0.4 is 10.1 Å². The minimum atomic E-state index is -0.274. The van der Waals surface area contributed by atoms with Gasteiger partial charge in [0.15, 0.2) is 0 Å². The average molecular weight is 353 g/mol. The van der Waals surface area contributed by atoms with Gasteiger partial charge < -0.3 is 10.1 Å². The van der Waals surface area contributed by atoms with Crippen LogP contribution in [0.4, 0.5) is 4.39 Å². The molecular formula is C20H20FN3O2. The average Bonchev–Trinajstić information content (AvgIpc) is 3.26. The number of aromatic nitrogens is 2. The number of carbonyl (C=O) groups excluding carboxylic acids is 1. The number of carbonyl (C=O) groups is 1. The van der Waals surface area contributed by atoms with Crippen LogP contribution in [0.3, 0.4) is 0 Å². The first-order chi connectivity index (χ1) is 12.7. The highest BCUT2D eigenvalue weighted by Gasteiger charge is 2.22. The van der Waals surface area contributed by atoms with Gasteiger partial charge in [0.2, 0.25) is 5.91 Å². The number of nitrogens with zero attached hydrogens (tertiary/aromatic N) is 2. The first-order valence-corrected chi connectivity index (χ1v) is 8.86. The fourth-order valence-corrected chi connectivity index (χ4v) is 3.42. The molecule has 0 saturated heterocycles. The quantitative estimate of drug-likeness (QED) is 0.767. The van der Waals surface area contributed by atoms with Crippen LogP contribution in [-0.4, -0.2) is 28.7 Å². The van der Waals surface area contributed by atoms with Gasteiger partial charge in [-0.15, -0.1) is 0 Å². The second kappa shape index (κ2) is 6.78. The number of rotatable bonds is 5. The van der Waals surface area contributed by atoms with Crippen LogP contribution in [0.25, 0.3) is 16.8 Å². The Labute approximate surface area is 150 Å². The molecule has 26 heavy (non-hydrogen) atoms. The standard InChI is InChI=1S/C20H20FN3O2/c1-2-18(25)22-10-7-16-19(13-3-5-14(21)6-4-13)23-24-11-8-17-15(20(16)24)9-12-26-17/h3-6,8,11H,2,7,9-10,12H2,1H3,(H,22,25). The summed E-state index contributed by atoms with van der Waals surface area (Å²) in [6.07, 6.45) is 3.84. The normalized spacial score (nSPS) is 12.8. The van der Waals surface area contributed by atoms with E-state index in [0.29, 0.717) is 26.0 Å². The third kappa shape index (κ3) is 2.92. The zero-order chi connectivity index (χ0) is 18.1. The minimum absolute atomic E-state index is 0.0263. The van der Waals surface area contributed by atoms with Gasteiger partial charge in [0.1, 0.15) is 11.6 Å². The molecule has 1 aliphatic heterocycles. The Morgan fingerprint density at radius 3 is 2.88 bits per heavy atom. The predicted octanol–water partition coefficient (Wildman–Crippen LogP) is 3.14. The summed E-state index contributed by atoms with van der Waals surface area (Å²) in [7, 11) is 0. The summed E-state index contributed by atoms with van der Waals surface area (Å²) in [5.74, 6) is 0.642. The lowest BCUT2D eigenvalue weighted by Crippen LogP contribution is -2.24. The highest BCUT2D eigenvalue weighted by Crippen LogP contribution is 2.35. The summed E-state index contributed by atoms with van der Waals surface area (Å²) in [4.78, 5) is 11.6. The molecule has 1 aliphatic rings. The first-order valence-electron chi connectivity index (χ1n) is 8.86. The molecule has 1 amide bonds. The second-order valence-electron chi connectivity index (χ2n) is 6.34. The van der Waals surface area contributed by atoms with E-state index in [1.807, 2.05) is 23.7 Å². The van der Waals surface area contributed by atoms with E-state index in [-0.39, 0.29) is 11.7 Å². The molecule has 0 saturated carbocycles. The van der Waals surface area contributed by atoms with Crippen LogP contribution in [0.2, 0.25) is 0 Å². The van der Waals surface area contributed by atoms with Crippen molar-refractivity contribution in [3.8, 4) is 17.0 Å². The first kappa shape index (κ1) is 16.6. The van der Waals surface area contributed by atoms with E-state index in [4.69, 9.17) is 9.84 Å². The van der Waals surface area contributed by atoms with Gasteiger partial charge in [0.25, 0.3) is 0 Å². The molecule has 134 valence electrons. The van der Waals surface area contributed by atoms with Gasteiger partial charge in [-0.25, -0.2) is 8.91 Å². The van der Waals surface area contributed by atoms with E-state index in [2.05, 4.69) is 5.32 Å². The SMILES string of the molecule is CCC(=O)NCCc1c(-c2ccc(F)cc2)nn2ccc3c(c12)CCO3. The Morgan fingerprint density at radius 1 is 1.31 bits per heavy atom. The van der Waals surface area contributed by atoms with E-state index in [9.17, 15) is 9.18 Å². The van der Waals surface area contributed by atoms with Crippen molar-refractivity contribution in [2.45, 2.75) is 26.2 Å². The highest BCUT2D eigenvalue weighted by atomic mass is 19.1. The summed E-state index contributed by atoms with van der Waals surface area (Å²) >= 11 is 0. The van der Waals surface area contributed by atoms with Crippen molar-refractivity contribution in [1.82, 2.24) is 14.9 Å². The van der Waals surface area contributed by atoms with Crippen LogP contribution >= 0.6 is 0 Å². The molecule has 0 spiro atoms. The van der Waals surface area contributed by atoms with Crippen LogP contribution in [-0.2, 0) is 17.6 Å². The molecule has 0 atom stereocenters. The minimum Gasteiger partial charge on any atom is -0.493 e. The van der Waals surface area contributed by atoms with Crippen LogP contribution in [0.15, 0.2) is 36.5 Å². The van der Waals surface area contributed by atoms with Crippen LogP contribution in [0.5, 0.6) is 5.75 Å². The van der Waals surface area contributed by atoms with E-state index >= 15 is 0 Å². The lowest BCUT2D eigenvalue weighted by atomic mass is 10.0. The Morgan fingerprint density at radius 2 is 2.12 bits per heavy atom. The van der Waals surface area contributed by atoms with Gasteiger partial charge in [-0.2, -0.15) is 5.10 Å². The van der Waals surface area contributed by atoms with Gasteiger partial charge in [-0.3, -0.25) is 4.79 Å². The van der Waals surface area contributed by atoms with Crippen molar-refractivity contribution in [1.29, 1.82) is 0 Å². The Kier molecular flexibility index (Phi) is 4.32. The van der Waals surface area contributed by atoms with Crippen molar-refractivity contribution in [3.05, 3.63) is 53.5 Å². The summed E-state index contributed by atoms with van der Waals surface area (Å²) in [5, 5.41) is 7.66. The van der Waals surface area contributed by atoms with E-state index in [1.165, 1.54) is 12.1 Å². The number of ether oxygens (including phenoxy) is 1. The largest absolute Gasteiger partial charge is 0.493 e. The second-order valence-corrected chi connectivity index (χ2v) is 6.34. The van der Waals surface area contributed by atoms with Crippen LogP contribution in [0.1, 0.15) is 24.5 Å². The molecule has 4 rings (SSSR count). The van der Waals surface area contributed by atoms with Gasteiger partial charge in [0.05, 0.1) is 17.8 Å². The third-order valence-electron chi connectivity index (χ3n) is 4.70. The molecule has 3 heterocycles. The van der Waals surface area contributed by atoms with Crippen molar-refractivity contribution in [2.24, 2.45) is 0 Å². The van der Waals surface area contributed by atoms with Crippen molar-refractivity contribution in [3.63, 3.8) is 0 Å². The van der Waals surface area contributed by atoms with Crippen LogP contribution in [0, 0.1) is 5.82 Å². The molecule has 0 radical (unpaired) electrons. The lowest BCUT2D eigenvalue weighted by Gasteiger charge is -2.07. The summed E-state index contributed by atoms with van der Waals surface area (Å²) in [6, 6.07) is 8.29. The Balaban J connectivity index is 1.81. The number of amides is 1. The topological polar surface area (TPSA) is 55.6 Å². The molecular weight excluding hydrogens is 333 g/mol. The van der Waals surface area contributed by atoms with Gasteiger partial charge in [0, 0.05) is 42.3 Å². The maximum atomic E-state index is 13.3. The predicted molar refractivity (Wildman–Crippen MR) is 96.8 cm³/mol.